The number of hydrogen-bond donors (Lipinski definition) is 3. The van der Waals surface area contributed by atoms with E-state index in [1.165, 1.54) is 12.1 Å². The number of alkyl halides is 3. The summed E-state index contributed by atoms with van der Waals surface area (Å²) in [7, 11) is 1.90. The average Bonchev–Trinajstić information content (AvgIpc) is 3.11. The first-order valence-electron chi connectivity index (χ1n) is 9.10. The number of anilines is 2. The molecule has 4 rings (SSSR count). The molecule has 7 heteroatoms. The molecule has 0 atom stereocenters. The summed E-state index contributed by atoms with van der Waals surface area (Å²) < 4.78 is 38.4. The number of rotatable bonds is 5. The first kappa shape index (κ1) is 19.0. The number of fused-ring (bicyclic) bond motifs is 1. The van der Waals surface area contributed by atoms with Gasteiger partial charge in [0.25, 0.3) is 0 Å². The van der Waals surface area contributed by atoms with Crippen molar-refractivity contribution in [2.45, 2.75) is 12.7 Å². The van der Waals surface area contributed by atoms with E-state index in [0.717, 1.165) is 46.4 Å². The number of nitrogens with one attached hydrogen (secondary N) is 3. The summed E-state index contributed by atoms with van der Waals surface area (Å²) in [4.78, 5) is 7.51. The van der Waals surface area contributed by atoms with Gasteiger partial charge in [-0.05, 0) is 60.1 Å². The number of hydrogen-bond acceptors (Lipinski definition) is 3. The van der Waals surface area contributed by atoms with E-state index in [9.17, 15) is 13.2 Å². The molecule has 4 nitrogen and oxygen atoms in total. The van der Waals surface area contributed by atoms with Gasteiger partial charge < -0.3 is 15.6 Å². The normalized spacial score (nSPS) is 11.7. The van der Waals surface area contributed by atoms with E-state index in [-0.39, 0.29) is 0 Å². The number of nitrogens with zero attached hydrogens (tertiary/aromatic N) is 1. The van der Waals surface area contributed by atoms with Gasteiger partial charge in [-0.3, -0.25) is 0 Å². The Labute approximate surface area is 165 Å². The van der Waals surface area contributed by atoms with Crippen LogP contribution in [0.5, 0.6) is 0 Å². The van der Waals surface area contributed by atoms with Crippen LogP contribution in [0.1, 0.15) is 11.1 Å². The molecule has 0 saturated heterocycles. The van der Waals surface area contributed by atoms with Crippen molar-refractivity contribution in [3.63, 3.8) is 0 Å². The van der Waals surface area contributed by atoms with Gasteiger partial charge in [-0.1, -0.05) is 18.2 Å². The minimum atomic E-state index is -4.35. The van der Waals surface area contributed by atoms with E-state index in [4.69, 9.17) is 0 Å². The fourth-order valence-corrected chi connectivity index (χ4v) is 3.35. The van der Waals surface area contributed by atoms with Crippen LogP contribution in [0.15, 0.2) is 67.0 Å². The summed E-state index contributed by atoms with van der Waals surface area (Å²) in [6, 6.07) is 15.1. The van der Waals surface area contributed by atoms with Crippen molar-refractivity contribution >= 4 is 22.4 Å². The van der Waals surface area contributed by atoms with Gasteiger partial charge in [0.05, 0.1) is 16.6 Å². The number of benzene rings is 2. The molecular formula is C22H19F3N4. The molecule has 29 heavy (non-hydrogen) atoms. The maximum atomic E-state index is 12.8. The lowest BCUT2D eigenvalue weighted by Gasteiger charge is -2.11. The third kappa shape index (κ3) is 3.95. The predicted molar refractivity (Wildman–Crippen MR) is 109 cm³/mol. The second-order valence-corrected chi connectivity index (χ2v) is 6.72. The molecule has 0 aliphatic carbocycles. The molecule has 4 aromatic rings. The van der Waals surface area contributed by atoms with Gasteiger partial charge in [0, 0.05) is 24.6 Å². The summed E-state index contributed by atoms with van der Waals surface area (Å²) in [5, 5.41) is 7.23. The fourth-order valence-electron chi connectivity index (χ4n) is 3.35. The van der Waals surface area contributed by atoms with E-state index in [1.54, 1.807) is 12.4 Å². The first-order chi connectivity index (χ1) is 14.0. The first-order valence-corrected chi connectivity index (χ1v) is 9.10. The molecule has 0 fully saturated rings. The Morgan fingerprint density at radius 2 is 1.83 bits per heavy atom. The average molecular weight is 396 g/mol. The smallest absolute Gasteiger partial charge is 0.354 e. The lowest BCUT2D eigenvalue weighted by molar-refractivity contribution is -0.137. The van der Waals surface area contributed by atoms with Crippen molar-refractivity contribution in [1.82, 2.24) is 15.3 Å². The molecule has 2 aromatic heterocycles. The van der Waals surface area contributed by atoms with Crippen molar-refractivity contribution in [1.29, 1.82) is 0 Å². The minimum Gasteiger partial charge on any atom is -0.354 e. The summed E-state index contributed by atoms with van der Waals surface area (Å²) >= 11 is 0. The zero-order chi connectivity index (χ0) is 20.4. The number of halogens is 3. The van der Waals surface area contributed by atoms with Crippen LogP contribution in [0.2, 0.25) is 0 Å². The van der Waals surface area contributed by atoms with Crippen molar-refractivity contribution < 1.29 is 13.2 Å². The standard InChI is InChI=1S/C22H19F3N4/c1-26-12-14-3-2-4-15(11-14)18-9-10-27-21-20(18)19(13-28-21)29-17-7-5-16(6-8-17)22(23,24)25/h2-11,13,26,29H,12H2,1H3,(H,27,28). The molecule has 0 bridgehead atoms. The Balaban J connectivity index is 1.72. The fraction of sp³-hybridized carbons (Fsp3) is 0.136. The molecule has 3 N–H and O–H groups in total. The molecule has 0 spiro atoms. The number of H-pyrrole nitrogens is 1. The van der Waals surface area contributed by atoms with Crippen molar-refractivity contribution in [3.8, 4) is 11.1 Å². The Kier molecular flexibility index (Phi) is 4.98. The van der Waals surface area contributed by atoms with Crippen LogP contribution >= 0.6 is 0 Å². The van der Waals surface area contributed by atoms with Crippen molar-refractivity contribution in [3.05, 3.63) is 78.1 Å². The minimum absolute atomic E-state index is 0.567. The summed E-state index contributed by atoms with van der Waals surface area (Å²) in [6.07, 6.45) is -0.841. The third-order valence-electron chi connectivity index (χ3n) is 4.68. The quantitative estimate of drug-likeness (QED) is 0.405. The van der Waals surface area contributed by atoms with Crippen LogP contribution in [0.3, 0.4) is 0 Å². The second-order valence-electron chi connectivity index (χ2n) is 6.72. The molecule has 0 radical (unpaired) electrons. The molecule has 0 aliphatic rings. The Hall–Kier alpha value is -3.32. The van der Waals surface area contributed by atoms with Crippen LogP contribution in [0.4, 0.5) is 24.5 Å². The van der Waals surface area contributed by atoms with Gasteiger partial charge in [-0.25, -0.2) is 4.98 Å². The van der Waals surface area contributed by atoms with Gasteiger partial charge >= 0.3 is 6.18 Å². The zero-order valence-electron chi connectivity index (χ0n) is 15.6. The maximum Gasteiger partial charge on any atom is 0.416 e. The maximum absolute atomic E-state index is 12.8. The van der Waals surface area contributed by atoms with Crippen LogP contribution in [-0.2, 0) is 12.7 Å². The van der Waals surface area contributed by atoms with Crippen LogP contribution in [0, 0.1) is 0 Å². The Morgan fingerprint density at radius 1 is 1.03 bits per heavy atom. The summed E-state index contributed by atoms with van der Waals surface area (Å²) in [5.74, 6) is 0. The molecule has 0 amide bonds. The van der Waals surface area contributed by atoms with E-state index in [0.29, 0.717) is 11.3 Å². The van der Waals surface area contributed by atoms with Gasteiger partial charge in [-0.15, -0.1) is 0 Å². The highest BCUT2D eigenvalue weighted by atomic mass is 19.4. The number of pyridine rings is 1. The monoisotopic (exact) mass is 396 g/mol. The number of aromatic nitrogens is 2. The molecule has 0 saturated carbocycles. The molecule has 2 heterocycles. The van der Waals surface area contributed by atoms with Gasteiger partial charge in [-0.2, -0.15) is 13.2 Å². The predicted octanol–water partition coefficient (Wildman–Crippen LogP) is 5.71. The van der Waals surface area contributed by atoms with Crippen LogP contribution in [0.25, 0.3) is 22.2 Å². The van der Waals surface area contributed by atoms with Crippen LogP contribution < -0.4 is 10.6 Å². The second kappa shape index (κ2) is 7.60. The van der Waals surface area contributed by atoms with E-state index in [2.05, 4.69) is 32.7 Å². The highest BCUT2D eigenvalue weighted by Crippen LogP contribution is 2.35. The lowest BCUT2D eigenvalue weighted by atomic mass is 10.0. The molecule has 148 valence electrons. The van der Waals surface area contributed by atoms with Gasteiger partial charge in [0.1, 0.15) is 5.65 Å². The van der Waals surface area contributed by atoms with E-state index in [1.807, 2.05) is 25.2 Å². The summed E-state index contributed by atoms with van der Waals surface area (Å²) in [6.45, 7) is 0.756. The van der Waals surface area contributed by atoms with Crippen molar-refractivity contribution in [2.75, 3.05) is 12.4 Å². The number of aromatic amines is 1. The lowest BCUT2D eigenvalue weighted by Crippen LogP contribution is -2.04. The molecule has 0 unspecified atom stereocenters. The molecule has 2 aromatic carbocycles. The molecular weight excluding hydrogens is 377 g/mol. The van der Waals surface area contributed by atoms with E-state index < -0.39 is 11.7 Å². The SMILES string of the molecule is CNCc1cccc(-c2ccnc3[nH]cc(Nc4ccc(C(F)(F)F)cc4)c23)c1. The Bertz CT molecular complexity index is 1130. The van der Waals surface area contributed by atoms with Gasteiger partial charge in [0.2, 0.25) is 0 Å². The van der Waals surface area contributed by atoms with E-state index >= 15 is 0 Å². The topological polar surface area (TPSA) is 52.7 Å². The van der Waals surface area contributed by atoms with Gasteiger partial charge in [0.15, 0.2) is 0 Å². The molecule has 0 aliphatic heterocycles. The highest BCUT2D eigenvalue weighted by Gasteiger charge is 2.30. The zero-order valence-corrected chi connectivity index (χ0v) is 15.6. The Morgan fingerprint density at radius 3 is 2.55 bits per heavy atom. The largest absolute Gasteiger partial charge is 0.416 e. The van der Waals surface area contributed by atoms with Crippen LogP contribution in [-0.4, -0.2) is 17.0 Å². The van der Waals surface area contributed by atoms with Crippen molar-refractivity contribution in [2.24, 2.45) is 0 Å². The third-order valence-corrected chi connectivity index (χ3v) is 4.68. The highest BCUT2D eigenvalue weighted by molar-refractivity contribution is 6.03. The summed E-state index contributed by atoms with van der Waals surface area (Å²) in [5.41, 5.74) is 4.53.